The topological polar surface area (TPSA) is 29.5 Å². The van der Waals surface area contributed by atoms with Crippen LogP contribution in [0.25, 0.3) is 0 Å². The number of hydrogen-bond acceptors (Lipinski definition) is 4. The molecule has 3 nitrogen and oxygen atoms in total. The summed E-state index contributed by atoms with van der Waals surface area (Å²) in [7, 11) is 1.48. The number of nitrogens with zero attached hydrogens (tertiary/aromatic N) is 1. The van der Waals surface area contributed by atoms with Gasteiger partial charge in [0.15, 0.2) is 0 Å². The minimum atomic E-state index is -0.0667. The Morgan fingerprint density at radius 2 is 1.94 bits per heavy atom. The predicted octanol–water partition coefficient (Wildman–Crippen LogP) is 2.79. The molecule has 4 heteroatoms. The molecule has 0 radical (unpaired) electrons. The maximum Gasteiger partial charge on any atom is 0.318 e. The number of rotatable bonds is 10. The number of carbonyl (C=O) groups excluding carboxylic acids is 1. The van der Waals surface area contributed by atoms with E-state index in [0.717, 1.165) is 44.6 Å². The van der Waals surface area contributed by atoms with Gasteiger partial charge in [0, 0.05) is 12.3 Å². The molecule has 17 heavy (non-hydrogen) atoms. The van der Waals surface area contributed by atoms with Crippen molar-refractivity contribution < 1.29 is 9.53 Å². The fraction of sp³-hybridized carbons (Fsp3) is 0.923. The lowest BCUT2D eigenvalue weighted by molar-refractivity contribution is -0.140. The fourth-order valence-corrected chi connectivity index (χ4v) is 2.87. The molecular formula is C13H27NO2S. The van der Waals surface area contributed by atoms with Gasteiger partial charge in [0.05, 0.1) is 7.11 Å². The van der Waals surface area contributed by atoms with Crippen LogP contribution in [0.3, 0.4) is 0 Å². The lowest BCUT2D eigenvalue weighted by Crippen LogP contribution is -2.27. The molecule has 0 fully saturated rings. The number of methoxy groups -OCH3 is 1. The zero-order chi connectivity index (χ0) is 13.1. The van der Waals surface area contributed by atoms with E-state index >= 15 is 0 Å². The van der Waals surface area contributed by atoms with Gasteiger partial charge in [0.2, 0.25) is 0 Å². The van der Waals surface area contributed by atoms with Gasteiger partial charge in [0.25, 0.3) is 0 Å². The van der Waals surface area contributed by atoms with Gasteiger partial charge in [-0.05, 0) is 19.5 Å². The monoisotopic (exact) mass is 261 g/mol. The number of esters is 1. The van der Waals surface area contributed by atoms with Gasteiger partial charge in [-0.25, -0.2) is 0 Å². The Kier molecular flexibility index (Phi) is 10.8. The smallest absolute Gasteiger partial charge is 0.318 e. The minimum absolute atomic E-state index is 0.0236. The molecule has 1 unspecified atom stereocenters. The van der Waals surface area contributed by atoms with Gasteiger partial charge in [0.1, 0.15) is 5.25 Å². The SMILES string of the molecule is CCCCC(SCCN(CC)CC)C(=O)OC. The van der Waals surface area contributed by atoms with Crippen molar-refractivity contribution in [2.24, 2.45) is 0 Å². The average Bonchev–Trinajstić information content (AvgIpc) is 2.37. The van der Waals surface area contributed by atoms with Crippen LogP contribution in [-0.4, -0.2) is 48.6 Å². The van der Waals surface area contributed by atoms with Crippen molar-refractivity contribution in [3.05, 3.63) is 0 Å². The Bertz CT molecular complexity index is 196. The van der Waals surface area contributed by atoms with Crippen molar-refractivity contribution in [3.63, 3.8) is 0 Å². The molecule has 0 spiro atoms. The summed E-state index contributed by atoms with van der Waals surface area (Å²) >= 11 is 1.74. The summed E-state index contributed by atoms with van der Waals surface area (Å²) < 4.78 is 4.85. The summed E-state index contributed by atoms with van der Waals surface area (Å²) in [5.41, 5.74) is 0. The first-order chi connectivity index (χ1) is 8.19. The molecule has 102 valence electrons. The van der Waals surface area contributed by atoms with E-state index in [0.29, 0.717) is 0 Å². The number of unbranched alkanes of at least 4 members (excludes halogenated alkanes) is 1. The number of thioether (sulfide) groups is 1. The van der Waals surface area contributed by atoms with E-state index in [1.54, 1.807) is 11.8 Å². The van der Waals surface area contributed by atoms with E-state index in [1.165, 1.54) is 7.11 Å². The van der Waals surface area contributed by atoms with E-state index in [2.05, 4.69) is 25.7 Å². The second-order valence-corrected chi connectivity index (χ2v) is 5.36. The van der Waals surface area contributed by atoms with Gasteiger partial charge in [-0.2, -0.15) is 0 Å². The first-order valence-corrected chi connectivity index (χ1v) is 7.66. The lowest BCUT2D eigenvalue weighted by atomic mass is 10.2. The Labute approximate surface area is 110 Å². The number of hydrogen-bond donors (Lipinski definition) is 0. The van der Waals surface area contributed by atoms with E-state index in [1.807, 2.05) is 0 Å². The Morgan fingerprint density at radius 1 is 1.29 bits per heavy atom. The van der Waals surface area contributed by atoms with E-state index in [4.69, 9.17) is 4.74 Å². The Hall–Kier alpha value is -0.220. The Morgan fingerprint density at radius 3 is 2.41 bits per heavy atom. The highest BCUT2D eigenvalue weighted by Crippen LogP contribution is 2.19. The van der Waals surface area contributed by atoms with Crippen molar-refractivity contribution in [3.8, 4) is 0 Å². The van der Waals surface area contributed by atoms with Gasteiger partial charge in [-0.15, -0.1) is 11.8 Å². The van der Waals surface area contributed by atoms with E-state index in [9.17, 15) is 4.79 Å². The summed E-state index contributed by atoms with van der Waals surface area (Å²) in [4.78, 5) is 14.0. The normalized spacial score (nSPS) is 12.8. The minimum Gasteiger partial charge on any atom is -0.468 e. The van der Waals surface area contributed by atoms with E-state index in [-0.39, 0.29) is 11.2 Å². The molecule has 0 aliphatic rings. The molecule has 0 heterocycles. The zero-order valence-corrected chi connectivity index (χ0v) is 12.5. The summed E-state index contributed by atoms with van der Waals surface area (Å²) in [6, 6.07) is 0. The highest BCUT2D eigenvalue weighted by molar-refractivity contribution is 8.00. The molecule has 0 saturated heterocycles. The van der Waals surface area contributed by atoms with Gasteiger partial charge < -0.3 is 9.64 Å². The molecule has 0 aromatic rings. The predicted molar refractivity (Wildman–Crippen MR) is 75.6 cm³/mol. The summed E-state index contributed by atoms with van der Waals surface area (Å²) in [5, 5.41) is 0.0236. The molecule has 0 aliphatic carbocycles. The second kappa shape index (κ2) is 10.9. The van der Waals surface area contributed by atoms with Crippen LogP contribution in [0.1, 0.15) is 40.0 Å². The lowest BCUT2D eigenvalue weighted by Gasteiger charge is -2.19. The zero-order valence-electron chi connectivity index (χ0n) is 11.7. The first kappa shape index (κ1) is 16.8. The van der Waals surface area contributed by atoms with Crippen LogP contribution in [0.4, 0.5) is 0 Å². The van der Waals surface area contributed by atoms with Crippen molar-refractivity contribution in [2.75, 3.05) is 32.5 Å². The molecule has 0 amide bonds. The second-order valence-electron chi connectivity index (χ2n) is 4.05. The van der Waals surface area contributed by atoms with Crippen LogP contribution in [0.5, 0.6) is 0 Å². The van der Waals surface area contributed by atoms with Gasteiger partial charge in [-0.1, -0.05) is 33.6 Å². The van der Waals surface area contributed by atoms with Crippen LogP contribution in [0.15, 0.2) is 0 Å². The third kappa shape index (κ3) is 7.66. The quantitative estimate of drug-likeness (QED) is 0.566. The highest BCUT2D eigenvalue weighted by atomic mass is 32.2. The largest absolute Gasteiger partial charge is 0.468 e. The molecule has 0 aliphatic heterocycles. The molecule has 0 bridgehead atoms. The molecule has 1 atom stereocenters. The molecular weight excluding hydrogens is 234 g/mol. The third-order valence-electron chi connectivity index (χ3n) is 2.90. The summed E-state index contributed by atoms with van der Waals surface area (Å²) in [6.45, 7) is 9.70. The van der Waals surface area contributed by atoms with Crippen molar-refractivity contribution in [2.45, 2.75) is 45.3 Å². The molecule has 0 N–H and O–H groups in total. The van der Waals surface area contributed by atoms with Gasteiger partial charge in [-0.3, -0.25) is 4.79 Å². The van der Waals surface area contributed by atoms with Crippen LogP contribution in [0, 0.1) is 0 Å². The van der Waals surface area contributed by atoms with Crippen LogP contribution in [0.2, 0.25) is 0 Å². The fourth-order valence-electron chi connectivity index (χ4n) is 1.65. The first-order valence-electron chi connectivity index (χ1n) is 6.61. The summed E-state index contributed by atoms with van der Waals surface area (Å²) in [5.74, 6) is 0.938. The van der Waals surface area contributed by atoms with Crippen molar-refractivity contribution >= 4 is 17.7 Å². The van der Waals surface area contributed by atoms with Crippen LogP contribution < -0.4 is 0 Å². The standard InChI is InChI=1S/C13H27NO2S/c1-5-8-9-12(13(15)16-4)17-11-10-14(6-2)7-3/h12H,5-11H2,1-4H3. The van der Waals surface area contributed by atoms with Crippen LogP contribution >= 0.6 is 11.8 Å². The summed E-state index contributed by atoms with van der Waals surface area (Å²) in [6.07, 6.45) is 3.16. The van der Waals surface area contributed by atoms with Crippen molar-refractivity contribution in [1.82, 2.24) is 4.90 Å². The molecule has 0 aromatic heterocycles. The number of carbonyl (C=O) groups is 1. The Balaban J connectivity index is 3.94. The highest BCUT2D eigenvalue weighted by Gasteiger charge is 2.18. The van der Waals surface area contributed by atoms with Crippen molar-refractivity contribution in [1.29, 1.82) is 0 Å². The third-order valence-corrected chi connectivity index (χ3v) is 4.15. The van der Waals surface area contributed by atoms with E-state index < -0.39 is 0 Å². The maximum atomic E-state index is 11.6. The molecule has 0 aromatic carbocycles. The van der Waals surface area contributed by atoms with Crippen LogP contribution in [-0.2, 0) is 9.53 Å². The number of ether oxygens (including phenoxy) is 1. The van der Waals surface area contributed by atoms with Gasteiger partial charge >= 0.3 is 5.97 Å². The molecule has 0 saturated carbocycles. The maximum absolute atomic E-state index is 11.6. The molecule has 0 rings (SSSR count). The average molecular weight is 261 g/mol.